The van der Waals surface area contributed by atoms with Crippen LogP contribution in [0.25, 0.3) is 0 Å². The molecule has 0 aliphatic carbocycles. The van der Waals surface area contributed by atoms with Gasteiger partial charge in [-0.1, -0.05) is 30.3 Å². The Bertz CT molecular complexity index is 738. The van der Waals surface area contributed by atoms with Gasteiger partial charge < -0.3 is 4.74 Å². The van der Waals surface area contributed by atoms with Gasteiger partial charge in [-0.3, -0.25) is 4.79 Å². The Morgan fingerprint density at radius 2 is 2.00 bits per heavy atom. The lowest BCUT2D eigenvalue weighted by Crippen LogP contribution is -2.24. The molecule has 1 N–H and O–H groups in total. The van der Waals surface area contributed by atoms with Gasteiger partial charge in [-0.15, -0.1) is 0 Å². The molecule has 0 unspecified atom stereocenters. The van der Waals surface area contributed by atoms with E-state index in [-0.39, 0.29) is 12.2 Å². The Hall–Kier alpha value is -3.20. The molecule has 6 heteroatoms. The predicted molar refractivity (Wildman–Crippen MR) is 78.8 cm³/mol. The number of nitrogens with one attached hydrogen (secondary N) is 1. The topological polar surface area (TPSA) is 74.5 Å². The number of carbonyl (C=O) groups excluding carboxylic acids is 1. The van der Waals surface area contributed by atoms with E-state index in [0.29, 0.717) is 11.3 Å². The summed E-state index contributed by atoms with van der Waals surface area (Å²) in [4.78, 5) is 11.6. The van der Waals surface area contributed by atoms with Crippen molar-refractivity contribution in [1.29, 1.82) is 5.26 Å². The average Bonchev–Trinajstić information content (AvgIpc) is 2.55. The number of para-hydroxylation sites is 1. The van der Waals surface area contributed by atoms with Gasteiger partial charge in [0.05, 0.1) is 11.8 Å². The van der Waals surface area contributed by atoms with Gasteiger partial charge in [0.25, 0.3) is 5.91 Å². The summed E-state index contributed by atoms with van der Waals surface area (Å²) in [7, 11) is 0. The van der Waals surface area contributed by atoms with Crippen molar-refractivity contribution < 1.29 is 13.9 Å². The summed E-state index contributed by atoms with van der Waals surface area (Å²) in [6, 6.07) is 14.6. The Kier molecular flexibility index (Phi) is 5.21. The first-order chi connectivity index (χ1) is 10.7. The molecule has 1 amide bonds. The molecule has 0 saturated heterocycles. The quantitative estimate of drug-likeness (QED) is 0.679. The number of halogens is 1. The molecular weight excluding hydrogens is 285 g/mol. The number of benzene rings is 2. The molecule has 22 heavy (non-hydrogen) atoms. The minimum absolute atomic E-state index is 0.263. The summed E-state index contributed by atoms with van der Waals surface area (Å²) in [5.41, 5.74) is 2.82. The molecule has 0 heterocycles. The van der Waals surface area contributed by atoms with Gasteiger partial charge >= 0.3 is 0 Å². The third kappa shape index (κ3) is 4.15. The number of nitriles is 1. The average molecular weight is 297 g/mol. The fourth-order valence-corrected chi connectivity index (χ4v) is 1.61. The van der Waals surface area contributed by atoms with Gasteiger partial charge in [0.1, 0.15) is 17.6 Å². The van der Waals surface area contributed by atoms with E-state index >= 15 is 0 Å². The number of rotatable bonds is 5. The SMILES string of the molecule is N#Cc1ccccc1OCC(=O)N/N=C\c1ccccc1F. The third-order valence-electron chi connectivity index (χ3n) is 2.66. The van der Waals surface area contributed by atoms with Crippen LogP contribution >= 0.6 is 0 Å². The van der Waals surface area contributed by atoms with Crippen LogP contribution in [0.3, 0.4) is 0 Å². The van der Waals surface area contributed by atoms with Crippen LogP contribution in [0.15, 0.2) is 53.6 Å². The second-order valence-corrected chi connectivity index (χ2v) is 4.21. The van der Waals surface area contributed by atoms with E-state index in [9.17, 15) is 9.18 Å². The highest BCUT2D eigenvalue weighted by atomic mass is 19.1. The Labute approximate surface area is 126 Å². The fourth-order valence-electron chi connectivity index (χ4n) is 1.61. The molecule has 5 nitrogen and oxygen atoms in total. The molecule has 0 saturated carbocycles. The summed E-state index contributed by atoms with van der Waals surface area (Å²) in [5.74, 6) is -0.627. The number of hydrogen-bond donors (Lipinski definition) is 1. The zero-order valence-electron chi connectivity index (χ0n) is 11.5. The lowest BCUT2D eigenvalue weighted by atomic mass is 10.2. The number of hydrogen-bond acceptors (Lipinski definition) is 4. The molecule has 110 valence electrons. The van der Waals surface area contributed by atoms with Gasteiger partial charge in [0.15, 0.2) is 6.61 Å². The molecule has 2 aromatic carbocycles. The predicted octanol–water partition coefficient (Wildman–Crippen LogP) is 2.23. The summed E-state index contributed by atoms with van der Waals surface area (Å²) in [5, 5.41) is 12.5. The fraction of sp³-hybridized carbons (Fsp3) is 0.0625. The largest absolute Gasteiger partial charge is 0.482 e. The number of amides is 1. The summed E-state index contributed by atoms with van der Waals surface area (Å²) in [6.07, 6.45) is 1.20. The molecule has 2 aromatic rings. The van der Waals surface area contributed by atoms with Crippen LogP contribution in [0.2, 0.25) is 0 Å². The van der Waals surface area contributed by atoms with Crippen LogP contribution in [0.1, 0.15) is 11.1 Å². The second-order valence-electron chi connectivity index (χ2n) is 4.21. The van der Waals surface area contributed by atoms with Crippen molar-refractivity contribution in [2.24, 2.45) is 5.10 Å². The highest BCUT2D eigenvalue weighted by molar-refractivity contribution is 5.83. The Balaban J connectivity index is 1.86. The number of hydrazone groups is 1. The minimum atomic E-state index is -0.514. The first-order valence-corrected chi connectivity index (χ1v) is 6.39. The molecule has 0 spiro atoms. The van der Waals surface area contributed by atoms with E-state index in [1.165, 1.54) is 18.3 Å². The van der Waals surface area contributed by atoms with Crippen LogP contribution in [0.4, 0.5) is 4.39 Å². The molecule has 0 radical (unpaired) electrons. The smallest absolute Gasteiger partial charge is 0.277 e. The highest BCUT2D eigenvalue weighted by Gasteiger charge is 2.05. The Morgan fingerprint density at radius 3 is 2.77 bits per heavy atom. The molecule has 0 atom stereocenters. The number of carbonyl (C=O) groups is 1. The van der Waals surface area contributed by atoms with E-state index in [0.717, 1.165) is 0 Å². The van der Waals surface area contributed by atoms with Gasteiger partial charge in [-0.25, -0.2) is 9.82 Å². The number of nitrogens with zero attached hydrogens (tertiary/aromatic N) is 2. The minimum Gasteiger partial charge on any atom is -0.482 e. The van der Waals surface area contributed by atoms with Crippen molar-refractivity contribution in [2.45, 2.75) is 0 Å². The van der Waals surface area contributed by atoms with Crippen LogP contribution in [0.5, 0.6) is 5.75 Å². The van der Waals surface area contributed by atoms with Crippen LogP contribution in [-0.4, -0.2) is 18.7 Å². The van der Waals surface area contributed by atoms with Crippen LogP contribution in [-0.2, 0) is 4.79 Å². The van der Waals surface area contributed by atoms with Gasteiger partial charge in [0.2, 0.25) is 0 Å². The van der Waals surface area contributed by atoms with Gasteiger partial charge in [0, 0.05) is 5.56 Å². The monoisotopic (exact) mass is 297 g/mol. The first-order valence-electron chi connectivity index (χ1n) is 6.39. The summed E-state index contributed by atoms with van der Waals surface area (Å²) < 4.78 is 18.5. The van der Waals surface area contributed by atoms with Crippen molar-refractivity contribution in [1.82, 2.24) is 5.43 Å². The molecule has 0 aliphatic heterocycles. The second kappa shape index (κ2) is 7.55. The van der Waals surface area contributed by atoms with Gasteiger partial charge in [-0.05, 0) is 18.2 Å². The van der Waals surface area contributed by atoms with E-state index < -0.39 is 11.7 Å². The summed E-state index contributed by atoms with van der Waals surface area (Å²) >= 11 is 0. The maximum absolute atomic E-state index is 13.3. The Morgan fingerprint density at radius 1 is 1.27 bits per heavy atom. The lowest BCUT2D eigenvalue weighted by molar-refractivity contribution is -0.123. The maximum Gasteiger partial charge on any atom is 0.277 e. The molecule has 0 aliphatic rings. The van der Waals surface area contributed by atoms with Gasteiger partial charge in [-0.2, -0.15) is 10.4 Å². The molecule has 2 rings (SSSR count). The molecule has 0 bridgehead atoms. The third-order valence-corrected chi connectivity index (χ3v) is 2.66. The van der Waals surface area contributed by atoms with E-state index in [4.69, 9.17) is 10.00 Å². The standard InChI is InChI=1S/C16H12FN3O2/c17-14-7-3-1-6-13(14)10-19-20-16(21)11-22-15-8-4-2-5-12(15)9-18/h1-8,10H,11H2,(H,20,21)/b19-10-. The summed E-state index contributed by atoms with van der Waals surface area (Å²) in [6.45, 7) is -0.298. The van der Waals surface area contributed by atoms with E-state index in [1.54, 1.807) is 36.4 Å². The van der Waals surface area contributed by atoms with Crippen molar-refractivity contribution >= 4 is 12.1 Å². The van der Waals surface area contributed by atoms with Crippen LogP contribution < -0.4 is 10.2 Å². The van der Waals surface area contributed by atoms with Crippen molar-refractivity contribution in [3.63, 3.8) is 0 Å². The van der Waals surface area contributed by atoms with E-state index in [2.05, 4.69) is 10.5 Å². The zero-order valence-corrected chi connectivity index (χ0v) is 11.5. The number of ether oxygens (including phenoxy) is 1. The van der Waals surface area contributed by atoms with Crippen LogP contribution in [0, 0.1) is 17.1 Å². The normalized spacial score (nSPS) is 10.2. The van der Waals surface area contributed by atoms with Crippen molar-refractivity contribution in [3.05, 3.63) is 65.5 Å². The lowest BCUT2D eigenvalue weighted by Gasteiger charge is -2.06. The zero-order chi connectivity index (χ0) is 15.8. The first kappa shape index (κ1) is 15.2. The van der Waals surface area contributed by atoms with Crippen molar-refractivity contribution in [3.8, 4) is 11.8 Å². The molecule has 0 fully saturated rings. The van der Waals surface area contributed by atoms with E-state index in [1.807, 2.05) is 6.07 Å². The maximum atomic E-state index is 13.3. The highest BCUT2D eigenvalue weighted by Crippen LogP contribution is 2.16. The molecule has 0 aromatic heterocycles. The van der Waals surface area contributed by atoms with Crippen molar-refractivity contribution in [2.75, 3.05) is 6.61 Å². The molecular formula is C16H12FN3O2.